The van der Waals surface area contributed by atoms with E-state index in [1.54, 1.807) is 0 Å². The molecule has 2 fully saturated rings. The Hall–Kier alpha value is -1.14. The second-order valence-electron chi connectivity index (χ2n) is 4.39. The molecule has 0 N–H and O–H groups in total. The molecule has 0 radical (unpaired) electrons. The van der Waals surface area contributed by atoms with Gasteiger partial charge in [0, 0.05) is 13.1 Å². The average molecular weight is 242 g/mol. The Bertz CT molecular complexity index is 384. The molecule has 2 saturated heterocycles. The van der Waals surface area contributed by atoms with E-state index in [2.05, 4.69) is 4.98 Å². The number of piperidine rings is 1. The number of rotatable bonds is 2. The quantitative estimate of drug-likeness (QED) is 0.793. The number of anilines is 1. The molecule has 3 heterocycles. The highest BCUT2D eigenvalue weighted by atomic mass is 19.1. The first-order chi connectivity index (χ1) is 8.22. The Morgan fingerprint density at radius 2 is 2.06 bits per heavy atom. The maximum atomic E-state index is 13.0. The summed E-state index contributed by atoms with van der Waals surface area (Å²) >= 11 is 0. The van der Waals surface area contributed by atoms with Crippen molar-refractivity contribution in [3.63, 3.8) is 0 Å². The van der Waals surface area contributed by atoms with Crippen LogP contribution in [0.5, 0.6) is 0 Å². The van der Waals surface area contributed by atoms with Crippen LogP contribution in [-0.2, 0) is 9.47 Å². The molecule has 0 bridgehead atoms. The van der Waals surface area contributed by atoms with Crippen molar-refractivity contribution in [1.82, 2.24) is 4.98 Å². The first-order valence-corrected chi connectivity index (χ1v) is 5.88. The van der Waals surface area contributed by atoms with Gasteiger partial charge in [-0.15, -0.1) is 0 Å². The van der Waals surface area contributed by atoms with E-state index in [1.165, 1.54) is 6.26 Å². The number of aromatic nitrogens is 1. The highest BCUT2D eigenvalue weighted by Gasteiger charge is 2.32. The van der Waals surface area contributed by atoms with Crippen LogP contribution >= 0.6 is 0 Å². The minimum Gasteiger partial charge on any atom is -0.432 e. The van der Waals surface area contributed by atoms with Crippen molar-refractivity contribution < 1.29 is 18.3 Å². The van der Waals surface area contributed by atoms with Crippen LogP contribution in [0.2, 0.25) is 0 Å². The van der Waals surface area contributed by atoms with Gasteiger partial charge >= 0.3 is 0 Å². The topological polar surface area (TPSA) is 47.7 Å². The van der Waals surface area contributed by atoms with E-state index in [9.17, 15) is 4.39 Å². The van der Waals surface area contributed by atoms with Crippen LogP contribution in [0.15, 0.2) is 10.7 Å². The third-order valence-corrected chi connectivity index (χ3v) is 3.08. The van der Waals surface area contributed by atoms with Crippen LogP contribution in [0.1, 0.15) is 31.7 Å². The summed E-state index contributed by atoms with van der Waals surface area (Å²) in [5.41, 5.74) is 0.639. The summed E-state index contributed by atoms with van der Waals surface area (Å²) < 4.78 is 29.0. The molecule has 0 amide bonds. The molecule has 94 valence electrons. The zero-order valence-corrected chi connectivity index (χ0v) is 9.63. The van der Waals surface area contributed by atoms with E-state index in [4.69, 9.17) is 13.9 Å². The van der Waals surface area contributed by atoms with Crippen molar-refractivity contribution in [1.29, 1.82) is 0 Å². The predicted octanol–water partition coefficient (Wildman–Crippen LogP) is 2.00. The van der Waals surface area contributed by atoms with E-state index < -0.39 is 12.5 Å². The van der Waals surface area contributed by atoms with E-state index >= 15 is 0 Å². The van der Waals surface area contributed by atoms with Gasteiger partial charge in [0.1, 0.15) is 18.1 Å². The molecule has 2 aliphatic rings. The molecular weight excluding hydrogens is 227 g/mol. The summed E-state index contributed by atoms with van der Waals surface area (Å²) in [7, 11) is 0. The highest BCUT2D eigenvalue weighted by Crippen LogP contribution is 2.32. The molecule has 0 spiro atoms. The lowest BCUT2D eigenvalue weighted by atomic mass is 10.1. The van der Waals surface area contributed by atoms with Gasteiger partial charge in [0.2, 0.25) is 6.29 Å². The van der Waals surface area contributed by atoms with Crippen molar-refractivity contribution in [2.45, 2.75) is 38.5 Å². The van der Waals surface area contributed by atoms with Gasteiger partial charge in [-0.1, -0.05) is 0 Å². The first-order valence-electron chi connectivity index (χ1n) is 5.88. The molecule has 3 rings (SSSR count). The number of nitrogens with zero attached hydrogens (tertiary/aromatic N) is 2. The highest BCUT2D eigenvalue weighted by molar-refractivity contribution is 5.28. The van der Waals surface area contributed by atoms with E-state index in [0.29, 0.717) is 37.6 Å². The van der Waals surface area contributed by atoms with E-state index in [0.717, 1.165) is 0 Å². The fraction of sp³-hybridized carbons (Fsp3) is 0.727. The molecule has 0 aromatic carbocycles. The normalized spacial score (nSPS) is 30.4. The van der Waals surface area contributed by atoms with Gasteiger partial charge in [0.15, 0.2) is 6.29 Å². The Morgan fingerprint density at radius 3 is 2.71 bits per heavy atom. The molecule has 5 nitrogen and oxygen atoms in total. The smallest absolute Gasteiger partial charge is 0.297 e. The van der Waals surface area contributed by atoms with E-state index in [1.807, 2.05) is 11.8 Å². The monoisotopic (exact) mass is 242 g/mol. The molecule has 17 heavy (non-hydrogen) atoms. The van der Waals surface area contributed by atoms with Gasteiger partial charge in [0.25, 0.3) is 6.01 Å². The van der Waals surface area contributed by atoms with Crippen LogP contribution in [0, 0.1) is 0 Å². The Kier molecular flexibility index (Phi) is 2.76. The van der Waals surface area contributed by atoms with Gasteiger partial charge in [-0.25, -0.2) is 4.39 Å². The minimum absolute atomic E-state index is 0.178. The third kappa shape index (κ3) is 2.14. The zero-order valence-electron chi connectivity index (χ0n) is 9.63. The van der Waals surface area contributed by atoms with Gasteiger partial charge in [-0.05, 0) is 19.8 Å². The fourth-order valence-corrected chi connectivity index (χ4v) is 2.07. The first kappa shape index (κ1) is 11.0. The Labute approximate surface area is 98.5 Å². The van der Waals surface area contributed by atoms with Gasteiger partial charge in [-0.3, -0.25) is 0 Å². The zero-order chi connectivity index (χ0) is 11.8. The lowest BCUT2D eigenvalue weighted by Crippen LogP contribution is -2.35. The van der Waals surface area contributed by atoms with Crippen LogP contribution in [0.25, 0.3) is 0 Å². The summed E-state index contributed by atoms with van der Waals surface area (Å²) in [6.07, 6.45) is 1.31. The largest absolute Gasteiger partial charge is 0.432 e. The van der Waals surface area contributed by atoms with Crippen molar-refractivity contribution in [3.8, 4) is 0 Å². The van der Waals surface area contributed by atoms with Crippen LogP contribution in [-0.4, -0.2) is 30.5 Å². The number of ether oxygens (including phenoxy) is 2. The van der Waals surface area contributed by atoms with Gasteiger partial charge < -0.3 is 18.8 Å². The maximum Gasteiger partial charge on any atom is 0.297 e. The SMILES string of the molecule is CC1OC(c2coc(N3CCC(F)CC3)n2)O1. The maximum absolute atomic E-state index is 13.0. The molecular formula is C11H15FN2O3. The Balaban J connectivity index is 1.64. The molecule has 1 aromatic heterocycles. The van der Waals surface area contributed by atoms with Crippen molar-refractivity contribution in [3.05, 3.63) is 12.0 Å². The number of alkyl halides is 1. The summed E-state index contributed by atoms with van der Waals surface area (Å²) in [4.78, 5) is 6.25. The number of halogens is 1. The molecule has 2 aliphatic heterocycles. The molecule has 0 atom stereocenters. The molecule has 0 aliphatic carbocycles. The number of oxazole rings is 1. The van der Waals surface area contributed by atoms with Gasteiger partial charge in [-0.2, -0.15) is 4.98 Å². The van der Waals surface area contributed by atoms with Gasteiger partial charge in [0.05, 0.1) is 0 Å². The Morgan fingerprint density at radius 1 is 1.35 bits per heavy atom. The minimum atomic E-state index is -0.695. The standard InChI is InChI=1S/C11H15FN2O3/c1-7-16-10(17-7)9-6-15-11(13-9)14-4-2-8(12)3-5-14/h6-8,10H,2-5H2,1H3. The summed E-state index contributed by atoms with van der Waals surface area (Å²) in [5, 5.41) is 0. The third-order valence-electron chi connectivity index (χ3n) is 3.08. The molecule has 0 unspecified atom stereocenters. The van der Waals surface area contributed by atoms with Crippen LogP contribution < -0.4 is 4.90 Å². The second kappa shape index (κ2) is 4.27. The lowest BCUT2D eigenvalue weighted by Gasteiger charge is -2.32. The van der Waals surface area contributed by atoms with Crippen LogP contribution in [0.4, 0.5) is 10.4 Å². The number of hydrogen-bond acceptors (Lipinski definition) is 5. The number of hydrogen-bond donors (Lipinski definition) is 0. The van der Waals surface area contributed by atoms with Crippen molar-refractivity contribution >= 4 is 6.01 Å². The predicted molar refractivity (Wildman–Crippen MR) is 57.2 cm³/mol. The summed E-state index contributed by atoms with van der Waals surface area (Å²) in [5.74, 6) is 0. The molecule has 6 heteroatoms. The van der Waals surface area contributed by atoms with E-state index in [-0.39, 0.29) is 6.29 Å². The lowest BCUT2D eigenvalue weighted by molar-refractivity contribution is -0.383. The molecule has 1 aromatic rings. The van der Waals surface area contributed by atoms with Crippen molar-refractivity contribution in [2.24, 2.45) is 0 Å². The van der Waals surface area contributed by atoms with Crippen LogP contribution in [0.3, 0.4) is 0 Å². The fourth-order valence-electron chi connectivity index (χ4n) is 2.07. The average Bonchev–Trinajstić information content (AvgIpc) is 2.75. The molecule has 0 saturated carbocycles. The second-order valence-corrected chi connectivity index (χ2v) is 4.39. The van der Waals surface area contributed by atoms with Crippen molar-refractivity contribution in [2.75, 3.05) is 18.0 Å². The summed E-state index contributed by atoms with van der Waals surface area (Å²) in [6.45, 7) is 3.11. The summed E-state index contributed by atoms with van der Waals surface area (Å²) in [6, 6.07) is 0.527.